The Balaban J connectivity index is 2.98. The van der Waals surface area contributed by atoms with E-state index < -0.39 is 6.10 Å². The Morgan fingerprint density at radius 2 is 2.40 bits per heavy atom. The highest BCUT2D eigenvalue weighted by Crippen LogP contribution is 2.12. The maximum absolute atomic E-state index is 9.06. The molecule has 1 aromatic rings. The van der Waals surface area contributed by atoms with Crippen molar-refractivity contribution >= 4 is 16.1 Å². The number of aliphatic hydroxyl groups is 1. The van der Waals surface area contributed by atoms with Gasteiger partial charge in [0.1, 0.15) is 5.82 Å². The number of hydrogen-bond donors (Lipinski definition) is 1. The van der Waals surface area contributed by atoms with E-state index in [4.69, 9.17) is 5.11 Å². The van der Waals surface area contributed by atoms with Crippen molar-refractivity contribution in [3.63, 3.8) is 0 Å². The van der Waals surface area contributed by atoms with Gasteiger partial charge in [0.2, 0.25) is 0 Å². The fraction of sp³-hybridized carbons (Fsp3) is 0.500. The number of aromatic nitrogens is 2. The Morgan fingerprint density at radius 3 is 2.60 bits per heavy atom. The van der Waals surface area contributed by atoms with Crippen LogP contribution in [0.25, 0.3) is 0 Å². The largest absolute Gasteiger partial charge is 0.387 e. The van der Waals surface area contributed by atoms with Gasteiger partial charge in [-0.3, -0.25) is 3.59 Å². The van der Waals surface area contributed by atoms with Gasteiger partial charge in [0.05, 0.1) is 27.9 Å². The Morgan fingerprint density at radius 1 is 1.80 bits per heavy atom. The number of rotatable bonds is 1. The van der Waals surface area contributed by atoms with E-state index >= 15 is 0 Å². The summed E-state index contributed by atoms with van der Waals surface area (Å²) in [6.07, 6.45) is 1.26. The van der Waals surface area contributed by atoms with E-state index in [1.54, 1.807) is 16.7 Å². The maximum Gasteiger partial charge on any atom is 0.116 e. The topological polar surface area (TPSA) is 38.1 Å². The second-order valence-electron chi connectivity index (χ2n) is 2.20. The molecule has 0 spiro atoms. The van der Waals surface area contributed by atoms with E-state index in [1.807, 2.05) is 6.92 Å². The van der Waals surface area contributed by atoms with Crippen LogP contribution in [0.2, 0.25) is 0 Å². The molecule has 0 fully saturated rings. The normalized spacial score (nSPS) is 13.6. The van der Waals surface area contributed by atoms with Crippen LogP contribution in [-0.2, 0) is 0 Å². The molecule has 0 aliphatic rings. The van der Waals surface area contributed by atoms with E-state index in [2.05, 4.69) is 21.1 Å². The quantitative estimate of drug-likeness (QED) is 0.752. The smallest absolute Gasteiger partial charge is 0.116 e. The maximum atomic E-state index is 9.06. The van der Waals surface area contributed by atoms with E-state index in [0.29, 0.717) is 5.69 Å². The van der Waals surface area contributed by atoms with Crippen molar-refractivity contribution in [2.75, 3.05) is 0 Å². The summed E-state index contributed by atoms with van der Waals surface area (Å²) in [4.78, 5) is 4.08. The molecule has 1 rings (SSSR count). The van der Waals surface area contributed by atoms with Crippen LogP contribution in [0.15, 0.2) is 6.20 Å². The van der Waals surface area contributed by atoms with Crippen LogP contribution >= 0.6 is 16.1 Å². The van der Waals surface area contributed by atoms with Gasteiger partial charge in [-0.1, -0.05) is 0 Å². The highest BCUT2D eigenvalue weighted by Gasteiger charge is 2.05. The van der Waals surface area contributed by atoms with Crippen molar-refractivity contribution in [3.05, 3.63) is 17.7 Å². The molecule has 56 valence electrons. The first-order valence-corrected chi connectivity index (χ1v) is 3.72. The van der Waals surface area contributed by atoms with Crippen molar-refractivity contribution in [1.29, 1.82) is 0 Å². The molecule has 0 aromatic carbocycles. The molecule has 0 saturated carbocycles. The van der Waals surface area contributed by atoms with Gasteiger partial charge >= 0.3 is 0 Å². The molecule has 4 heteroatoms. The summed E-state index contributed by atoms with van der Waals surface area (Å²) >= 11 is 3.23. The lowest BCUT2D eigenvalue weighted by molar-refractivity contribution is 0.195. The third-order valence-corrected chi connectivity index (χ3v) is 1.99. The second kappa shape index (κ2) is 2.72. The van der Waals surface area contributed by atoms with Gasteiger partial charge < -0.3 is 5.11 Å². The molecule has 1 atom stereocenters. The fourth-order valence-electron chi connectivity index (χ4n) is 0.674. The van der Waals surface area contributed by atoms with E-state index in [9.17, 15) is 0 Å². The standard InChI is InChI=1S/C6H9BrN2O/c1-4(10)6-3-9(7)5(2)8-6/h3-4,10H,1-2H3. The molecule has 1 unspecified atom stereocenters. The number of imidazole rings is 1. The highest BCUT2D eigenvalue weighted by molar-refractivity contribution is 9.08. The first-order valence-electron chi connectivity index (χ1n) is 3.01. The number of nitrogens with zero attached hydrogens (tertiary/aromatic N) is 2. The van der Waals surface area contributed by atoms with Crippen molar-refractivity contribution in [1.82, 2.24) is 8.58 Å². The summed E-state index contributed by atoms with van der Waals surface area (Å²) in [5.74, 6) is 0.843. The summed E-state index contributed by atoms with van der Waals surface area (Å²) in [7, 11) is 0. The number of hydrogen-bond acceptors (Lipinski definition) is 2. The highest BCUT2D eigenvalue weighted by atomic mass is 79.9. The predicted molar refractivity (Wildman–Crippen MR) is 41.9 cm³/mol. The Kier molecular flexibility index (Phi) is 2.11. The minimum atomic E-state index is -0.488. The van der Waals surface area contributed by atoms with E-state index in [-0.39, 0.29) is 0 Å². The molecule has 0 radical (unpaired) electrons. The van der Waals surface area contributed by atoms with Crippen LogP contribution < -0.4 is 0 Å². The van der Waals surface area contributed by atoms with Gasteiger partial charge in [0.25, 0.3) is 0 Å². The van der Waals surface area contributed by atoms with E-state index in [1.165, 1.54) is 0 Å². The van der Waals surface area contributed by atoms with Crippen LogP contribution in [0, 0.1) is 6.92 Å². The molecule has 1 aromatic heterocycles. The lowest BCUT2D eigenvalue weighted by Gasteiger charge is -1.94. The van der Waals surface area contributed by atoms with Crippen molar-refractivity contribution in [2.24, 2.45) is 0 Å². The molecular formula is C6H9BrN2O. The van der Waals surface area contributed by atoms with Crippen molar-refractivity contribution in [3.8, 4) is 0 Å². The summed E-state index contributed by atoms with van der Waals surface area (Å²) in [5.41, 5.74) is 0.689. The molecule has 0 saturated heterocycles. The van der Waals surface area contributed by atoms with E-state index in [0.717, 1.165) is 5.82 Å². The van der Waals surface area contributed by atoms with Crippen LogP contribution in [0.4, 0.5) is 0 Å². The zero-order chi connectivity index (χ0) is 7.72. The number of halogens is 1. The molecular weight excluding hydrogens is 196 g/mol. The summed E-state index contributed by atoms with van der Waals surface area (Å²) in [6.45, 7) is 3.55. The molecule has 0 aliphatic heterocycles. The molecule has 3 nitrogen and oxygen atoms in total. The van der Waals surface area contributed by atoms with Crippen LogP contribution in [0.5, 0.6) is 0 Å². The average Bonchev–Trinajstić information content (AvgIpc) is 2.13. The minimum Gasteiger partial charge on any atom is -0.387 e. The van der Waals surface area contributed by atoms with Crippen molar-refractivity contribution < 1.29 is 5.11 Å². The third-order valence-electron chi connectivity index (χ3n) is 1.27. The lowest BCUT2D eigenvalue weighted by atomic mass is 10.3. The molecule has 0 bridgehead atoms. The Bertz CT molecular complexity index is 212. The van der Waals surface area contributed by atoms with Crippen molar-refractivity contribution in [2.45, 2.75) is 20.0 Å². The molecule has 0 amide bonds. The lowest BCUT2D eigenvalue weighted by Crippen LogP contribution is -1.89. The molecule has 1 heterocycles. The van der Waals surface area contributed by atoms with Gasteiger partial charge in [-0.2, -0.15) is 0 Å². The third kappa shape index (κ3) is 1.38. The zero-order valence-electron chi connectivity index (χ0n) is 5.87. The minimum absolute atomic E-state index is 0.488. The SMILES string of the molecule is Cc1nc(C(C)O)cn1Br. The zero-order valence-corrected chi connectivity index (χ0v) is 7.46. The van der Waals surface area contributed by atoms with Crippen LogP contribution in [0.1, 0.15) is 24.5 Å². The molecule has 10 heavy (non-hydrogen) atoms. The molecule has 0 aliphatic carbocycles. The van der Waals surface area contributed by atoms with Gasteiger partial charge in [0.15, 0.2) is 0 Å². The summed E-state index contributed by atoms with van der Waals surface area (Å²) < 4.78 is 1.70. The fourth-order valence-corrected chi connectivity index (χ4v) is 0.963. The van der Waals surface area contributed by atoms with Gasteiger partial charge in [-0.25, -0.2) is 4.98 Å². The van der Waals surface area contributed by atoms with Crippen LogP contribution in [0.3, 0.4) is 0 Å². The Hall–Kier alpha value is -0.350. The second-order valence-corrected chi connectivity index (χ2v) is 2.96. The number of aryl methyl sites for hydroxylation is 1. The summed E-state index contributed by atoms with van der Waals surface area (Å²) in [6, 6.07) is 0. The average molecular weight is 205 g/mol. The van der Waals surface area contributed by atoms with Crippen LogP contribution in [-0.4, -0.2) is 13.7 Å². The predicted octanol–water partition coefficient (Wildman–Crippen LogP) is 1.40. The Labute approximate surface area is 68.0 Å². The first-order chi connectivity index (χ1) is 4.61. The van der Waals surface area contributed by atoms with Gasteiger partial charge in [-0.05, 0) is 13.8 Å². The monoisotopic (exact) mass is 204 g/mol. The molecule has 1 N–H and O–H groups in total. The van der Waals surface area contributed by atoms with Gasteiger partial charge in [-0.15, -0.1) is 0 Å². The summed E-state index contributed by atoms with van der Waals surface area (Å²) in [5, 5.41) is 9.06. The number of aliphatic hydroxyl groups excluding tert-OH is 1. The first kappa shape index (κ1) is 7.75. The van der Waals surface area contributed by atoms with Gasteiger partial charge in [0, 0.05) is 6.20 Å².